The van der Waals surface area contributed by atoms with E-state index in [-0.39, 0.29) is 5.91 Å². The lowest BCUT2D eigenvalue weighted by Crippen LogP contribution is -2.37. The normalized spacial score (nSPS) is 16.5. The predicted molar refractivity (Wildman–Crippen MR) is 129 cm³/mol. The van der Waals surface area contributed by atoms with Crippen LogP contribution in [0.5, 0.6) is 0 Å². The SMILES string of the molecule is Cc1ncc(C(=O)Nc2ccc(CCN3CCOCC3)cc2C2=CCCCC2)[nH]1.O=C(O)C(F)(F)F. The predicted octanol–water partition coefficient (Wildman–Crippen LogP) is 4.44. The first kappa shape index (κ1) is 27.4. The van der Waals surface area contributed by atoms with Crippen molar-refractivity contribution in [1.82, 2.24) is 14.9 Å². The number of H-pyrrole nitrogens is 1. The van der Waals surface area contributed by atoms with Crippen molar-refractivity contribution in [2.75, 3.05) is 38.2 Å². The van der Waals surface area contributed by atoms with E-state index < -0.39 is 12.1 Å². The highest BCUT2D eigenvalue weighted by atomic mass is 19.4. The van der Waals surface area contributed by atoms with E-state index in [0.29, 0.717) is 5.69 Å². The van der Waals surface area contributed by atoms with Gasteiger partial charge in [-0.05, 0) is 62.3 Å². The van der Waals surface area contributed by atoms with E-state index in [1.165, 1.54) is 24.0 Å². The lowest BCUT2D eigenvalue weighted by atomic mass is 9.91. The molecular weight excluding hydrogens is 477 g/mol. The van der Waals surface area contributed by atoms with Crippen molar-refractivity contribution in [2.24, 2.45) is 0 Å². The van der Waals surface area contributed by atoms with Crippen LogP contribution in [0.4, 0.5) is 18.9 Å². The Labute approximate surface area is 207 Å². The molecule has 1 aromatic carbocycles. The molecule has 8 nitrogen and oxygen atoms in total. The molecule has 0 unspecified atom stereocenters. The number of aromatic amines is 1. The number of aliphatic carboxylic acids is 1. The van der Waals surface area contributed by atoms with Crippen molar-refractivity contribution in [1.29, 1.82) is 0 Å². The van der Waals surface area contributed by atoms with Crippen molar-refractivity contribution in [3.05, 3.63) is 53.1 Å². The molecule has 196 valence electrons. The molecule has 2 aliphatic rings. The zero-order valence-electron chi connectivity index (χ0n) is 20.2. The molecule has 1 aliphatic heterocycles. The molecule has 36 heavy (non-hydrogen) atoms. The molecule has 1 amide bonds. The summed E-state index contributed by atoms with van der Waals surface area (Å²) in [6.07, 6.45) is 4.47. The van der Waals surface area contributed by atoms with Crippen LogP contribution in [0.2, 0.25) is 0 Å². The number of amides is 1. The van der Waals surface area contributed by atoms with E-state index in [0.717, 1.165) is 69.2 Å². The van der Waals surface area contributed by atoms with Crippen molar-refractivity contribution in [3.8, 4) is 0 Å². The van der Waals surface area contributed by atoms with Crippen LogP contribution in [-0.4, -0.2) is 70.9 Å². The lowest BCUT2D eigenvalue weighted by molar-refractivity contribution is -0.192. The summed E-state index contributed by atoms with van der Waals surface area (Å²) in [6, 6.07) is 6.47. The minimum absolute atomic E-state index is 0.149. The van der Waals surface area contributed by atoms with Crippen LogP contribution in [0, 0.1) is 6.92 Å². The van der Waals surface area contributed by atoms with Gasteiger partial charge in [-0.2, -0.15) is 13.2 Å². The second kappa shape index (κ2) is 12.7. The minimum atomic E-state index is -5.08. The molecule has 0 bridgehead atoms. The third-order valence-corrected chi connectivity index (χ3v) is 5.98. The molecule has 3 N–H and O–H groups in total. The van der Waals surface area contributed by atoms with Crippen LogP contribution in [0.1, 0.15) is 53.1 Å². The Hall–Kier alpha value is -3.18. The summed E-state index contributed by atoms with van der Waals surface area (Å²) in [7, 11) is 0. The monoisotopic (exact) mass is 508 g/mol. The molecule has 1 aromatic heterocycles. The molecule has 0 saturated carbocycles. The quantitative estimate of drug-likeness (QED) is 0.533. The summed E-state index contributed by atoms with van der Waals surface area (Å²) in [5.41, 5.74) is 5.19. The number of rotatable bonds is 6. The molecule has 11 heteroatoms. The number of nitrogens with one attached hydrogen (secondary N) is 2. The fourth-order valence-corrected chi connectivity index (χ4v) is 4.04. The topological polar surface area (TPSA) is 108 Å². The van der Waals surface area contributed by atoms with E-state index in [4.69, 9.17) is 14.6 Å². The zero-order chi connectivity index (χ0) is 26.1. The first-order valence-corrected chi connectivity index (χ1v) is 11.9. The molecule has 2 aromatic rings. The van der Waals surface area contributed by atoms with Crippen LogP contribution in [0.25, 0.3) is 5.57 Å². The van der Waals surface area contributed by atoms with Crippen LogP contribution >= 0.6 is 0 Å². The number of aromatic nitrogens is 2. The number of aryl methyl sites for hydroxylation is 1. The number of hydrogen-bond donors (Lipinski definition) is 3. The molecule has 1 fully saturated rings. The van der Waals surface area contributed by atoms with Crippen molar-refractivity contribution < 1.29 is 32.6 Å². The standard InChI is InChI=1S/C23H30N4O2.C2HF3O2/c1-17-24-16-22(25-17)23(28)26-21-8-7-18(9-10-27-11-13-29-14-12-27)15-20(21)19-5-3-2-4-6-19;3-2(4,5)1(6)7/h5,7-8,15-16H,2-4,6,9-14H2,1H3,(H,24,25)(H,26,28);(H,6,7). The van der Waals surface area contributed by atoms with E-state index in [1.54, 1.807) is 6.20 Å². The Morgan fingerprint density at radius 1 is 1.22 bits per heavy atom. The number of carbonyl (C=O) groups excluding carboxylic acids is 1. The van der Waals surface area contributed by atoms with Gasteiger partial charge in [0.05, 0.1) is 19.4 Å². The number of ether oxygens (including phenoxy) is 1. The van der Waals surface area contributed by atoms with E-state index in [2.05, 4.69) is 44.5 Å². The summed E-state index contributed by atoms with van der Waals surface area (Å²) in [5.74, 6) is -2.17. The molecule has 2 heterocycles. The van der Waals surface area contributed by atoms with Gasteiger partial charge in [-0.15, -0.1) is 0 Å². The zero-order valence-corrected chi connectivity index (χ0v) is 20.2. The van der Waals surface area contributed by atoms with Gasteiger partial charge in [0, 0.05) is 30.9 Å². The number of carboxylic acid groups (broad SMARTS) is 1. The number of imidazole rings is 1. The third kappa shape index (κ3) is 8.20. The minimum Gasteiger partial charge on any atom is -0.475 e. The lowest BCUT2D eigenvalue weighted by Gasteiger charge is -2.26. The van der Waals surface area contributed by atoms with Gasteiger partial charge < -0.3 is 20.1 Å². The summed E-state index contributed by atoms with van der Waals surface area (Å²) in [5, 5.41) is 10.2. The van der Waals surface area contributed by atoms with Gasteiger partial charge in [-0.1, -0.05) is 12.1 Å². The first-order valence-electron chi connectivity index (χ1n) is 11.9. The van der Waals surface area contributed by atoms with E-state index >= 15 is 0 Å². The number of morpholine rings is 1. The van der Waals surface area contributed by atoms with Crippen LogP contribution in [-0.2, 0) is 16.0 Å². The molecule has 0 atom stereocenters. The Balaban J connectivity index is 0.000000454. The molecule has 0 radical (unpaired) electrons. The van der Waals surface area contributed by atoms with E-state index in [1.807, 2.05) is 6.92 Å². The van der Waals surface area contributed by atoms with Gasteiger partial charge in [0.25, 0.3) is 5.91 Å². The number of alkyl halides is 3. The highest BCUT2D eigenvalue weighted by molar-refractivity contribution is 6.04. The third-order valence-electron chi connectivity index (χ3n) is 5.98. The average molecular weight is 509 g/mol. The maximum absolute atomic E-state index is 12.7. The molecular formula is C25H31F3N4O4. The van der Waals surface area contributed by atoms with Gasteiger partial charge in [0.1, 0.15) is 11.5 Å². The summed E-state index contributed by atoms with van der Waals surface area (Å²) in [4.78, 5) is 31.2. The fourth-order valence-electron chi connectivity index (χ4n) is 4.04. The largest absolute Gasteiger partial charge is 0.490 e. The van der Waals surface area contributed by atoms with Crippen LogP contribution < -0.4 is 5.32 Å². The summed E-state index contributed by atoms with van der Waals surface area (Å²) >= 11 is 0. The summed E-state index contributed by atoms with van der Waals surface area (Å²) in [6.45, 7) is 6.57. The number of carboxylic acids is 1. The Morgan fingerprint density at radius 3 is 2.53 bits per heavy atom. The van der Waals surface area contributed by atoms with Crippen molar-refractivity contribution >= 4 is 23.1 Å². The van der Waals surface area contributed by atoms with Crippen molar-refractivity contribution in [3.63, 3.8) is 0 Å². The van der Waals surface area contributed by atoms with Crippen LogP contribution in [0.3, 0.4) is 0 Å². The smallest absolute Gasteiger partial charge is 0.475 e. The maximum Gasteiger partial charge on any atom is 0.490 e. The van der Waals surface area contributed by atoms with Gasteiger partial charge >= 0.3 is 12.1 Å². The maximum atomic E-state index is 12.7. The Kier molecular flexibility index (Phi) is 9.65. The number of allylic oxidation sites excluding steroid dienone is 2. The highest BCUT2D eigenvalue weighted by Crippen LogP contribution is 2.33. The molecule has 1 saturated heterocycles. The molecule has 4 rings (SSSR count). The van der Waals surface area contributed by atoms with Crippen molar-refractivity contribution in [2.45, 2.75) is 45.2 Å². The number of carbonyl (C=O) groups is 2. The number of anilines is 1. The first-order chi connectivity index (χ1) is 17.1. The number of benzene rings is 1. The number of hydrogen-bond acceptors (Lipinski definition) is 5. The average Bonchev–Trinajstić information content (AvgIpc) is 3.31. The Morgan fingerprint density at radius 2 is 1.94 bits per heavy atom. The fraction of sp³-hybridized carbons (Fsp3) is 0.480. The molecule has 1 aliphatic carbocycles. The molecule has 0 spiro atoms. The summed E-state index contributed by atoms with van der Waals surface area (Å²) < 4.78 is 37.2. The van der Waals surface area contributed by atoms with Gasteiger partial charge in [0.15, 0.2) is 0 Å². The highest BCUT2D eigenvalue weighted by Gasteiger charge is 2.38. The Bertz CT molecular complexity index is 1080. The van der Waals surface area contributed by atoms with Crippen LogP contribution in [0.15, 0.2) is 30.5 Å². The number of halogens is 3. The van der Waals surface area contributed by atoms with Gasteiger partial charge in [-0.3, -0.25) is 9.69 Å². The second-order valence-electron chi connectivity index (χ2n) is 8.70. The van der Waals surface area contributed by atoms with Gasteiger partial charge in [-0.25, -0.2) is 9.78 Å². The van der Waals surface area contributed by atoms with E-state index in [9.17, 15) is 18.0 Å². The van der Waals surface area contributed by atoms with Gasteiger partial charge in [0.2, 0.25) is 0 Å². The second-order valence-corrected chi connectivity index (χ2v) is 8.70. The number of nitrogens with zero attached hydrogens (tertiary/aromatic N) is 2.